The van der Waals surface area contributed by atoms with Crippen LogP contribution in [0.1, 0.15) is 39.5 Å². The van der Waals surface area contributed by atoms with E-state index in [2.05, 4.69) is 20.9 Å². The van der Waals surface area contributed by atoms with Crippen LogP contribution in [0.4, 0.5) is 4.79 Å². The highest BCUT2D eigenvalue weighted by Gasteiger charge is 2.32. The van der Waals surface area contributed by atoms with Crippen molar-refractivity contribution in [1.29, 1.82) is 0 Å². The molecule has 1 aliphatic carbocycles. The first-order valence-electron chi connectivity index (χ1n) is 8.09. The minimum absolute atomic E-state index is 0.207. The zero-order chi connectivity index (χ0) is 15.2. The van der Waals surface area contributed by atoms with Gasteiger partial charge in [0.1, 0.15) is 0 Å². The van der Waals surface area contributed by atoms with Crippen molar-refractivity contribution in [3.8, 4) is 0 Å². The van der Waals surface area contributed by atoms with Crippen LogP contribution < -0.4 is 16.0 Å². The average Bonchev–Trinajstić information content (AvgIpc) is 3.14. The van der Waals surface area contributed by atoms with E-state index in [0.717, 1.165) is 13.1 Å². The lowest BCUT2D eigenvalue weighted by Gasteiger charge is -2.24. The summed E-state index contributed by atoms with van der Waals surface area (Å²) in [7, 11) is 0. The fraction of sp³-hybridized carbons (Fsp3) is 0.867. The first-order chi connectivity index (χ1) is 10.0. The molecule has 1 aliphatic heterocycles. The number of nitrogens with one attached hydrogen (secondary N) is 3. The lowest BCUT2D eigenvalue weighted by Crippen LogP contribution is -2.48. The fourth-order valence-electron chi connectivity index (χ4n) is 2.67. The molecule has 0 aromatic rings. The number of urea groups is 1. The number of carbonyl (C=O) groups is 2. The Morgan fingerprint density at radius 3 is 2.62 bits per heavy atom. The Kier molecular flexibility index (Phi) is 5.99. The summed E-state index contributed by atoms with van der Waals surface area (Å²) in [5.41, 5.74) is 0. The zero-order valence-corrected chi connectivity index (χ0v) is 13.2. The molecule has 2 rings (SSSR count). The standard InChI is InChI=1S/C15H28N4O2/c1-11(2)8-17-15(21)18-14(20)10-19(13-5-6-13)9-12-4-3-7-16-12/h11-13,16H,3-10H2,1-2H3,(H2,17,18,20,21). The molecule has 0 spiro atoms. The van der Waals surface area contributed by atoms with E-state index >= 15 is 0 Å². The molecule has 2 fully saturated rings. The Bertz CT molecular complexity index is 363. The van der Waals surface area contributed by atoms with Gasteiger partial charge < -0.3 is 10.6 Å². The Hall–Kier alpha value is -1.14. The van der Waals surface area contributed by atoms with Gasteiger partial charge in [-0.15, -0.1) is 0 Å². The molecular formula is C15H28N4O2. The summed E-state index contributed by atoms with van der Waals surface area (Å²) < 4.78 is 0. The number of amides is 3. The first kappa shape index (κ1) is 16.2. The summed E-state index contributed by atoms with van der Waals surface area (Å²) in [5.74, 6) is 0.170. The van der Waals surface area contributed by atoms with E-state index in [-0.39, 0.29) is 11.9 Å². The van der Waals surface area contributed by atoms with E-state index in [4.69, 9.17) is 0 Å². The van der Waals surface area contributed by atoms with Crippen molar-refractivity contribution in [2.24, 2.45) is 5.92 Å². The molecule has 1 saturated carbocycles. The second kappa shape index (κ2) is 7.75. The molecule has 2 aliphatic rings. The Labute approximate surface area is 127 Å². The third kappa shape index (κ3) is 6.01. The molecule has 1 heterocycles. The number of rotatable bonds is 7. The molecule has 1 saturated heterocycles. The van der Waals surface area contributed by atoms with E-state index in [1.165, 1.54) is 25.7 Å². The lowest BCUT2D eigenvalue weighted by molar-refractivity contribution is -0.121. The second-order valence-corrected chi connectivity index (χ2v) is 6.61. The summed E-state index contributed by atoms with van der Waals surface area (Å²) >= 11 is 0. The van der Waals surface area contributed by atoms with Crippen LogP contribution in [0.25, 0.3) is 0 Å². The van der Waals surface area contributed by atoms with Crippen molar-refractivity contribution in [3.63, 3.8) is 0 Å². The SMILES string of the molecule is CC(C)CNC(=O)NC(=O)CN(CC1CCCN1)C1CC1. The number of nitrogens with zero attached hydrogens (tertiary/aromatic N) is 1. The van der Waals surface area contributed by atoms with Gasteiger partial charge in [-0.2, -0.15) is 0 Å². The van der Waals surface area contributed by atoms with E-state index in [9.17, 15) is 9.59 Å². The van der Waals surface area contributed by atoms with Crippen LogP contribution in [0.5, 0.6) is 0 Å². The van der Waals surface area contributed by atoms with Crippen molar-refractivity contribution in [1.82, 2.24) is 20.9 Å². The molecule has 1 atom stereocenters. The zero-order valence-electron chi connectivity index (χ0n) is 13.2. The van der Waals surface area contributed by atoms with Gasteiger partial charge in [0.15, 0.2) is 0 Å². The molecule has 6 heteroatoms. The first-order valence-corrected chi connectivity index (χ1v) is 8.09. The maximum Gasteiger partial charge on any atom is 0.321 e. The molecular weight excluding hydrogens is 268 g/mol. The van der Waals surface area contributed by atoms with E-state index < -0.39 is 0 Å². The fourth-order valence-corrected chi connectivity index (χ4v) is 2.67. The molecule has 0 radical (unpaired) electrons. The van der Waals surface area contributed by atoms with Crippen LogP contribution >= 0.6 is 0 Å². The smallest absolute Gasteiger partial charge is 0.321 e. The summed E-state index contributed by atoms with van der Waals surface area (Å²) in [6, 6.07) is 0.633. The van der Waals surface area contributed by atoms with Gasteiger partial charge in [-0.3, -0.25) is 15.0 Å². The van der Waals surface area contributed by atoms with Gasteiger partial charge in [-0.1, -0.05) is 13.8 Å². The summed E-state index contributed by atoms with van der Waals surface area (Å²) in [6.07, 6.45) is 4.73. The van der Waals surface area contributed by atoms with Gasteiger partial charge in [0.05, 0.1) is 6.54 Å². The van der Waals surface area contributed by atoms with Crippen LogP contribution in [0.2, 0.25) is 0 Å². The summed E-state index contributed by atoms with van der Waals surface area (Å²) in [6.45, 7) is 6.92. The third-order valence-electron chi connectivity index (χ3n) is 3.95. The minimum atomic E-state index is -0.386. The normalized spacial score (nSPS) is 21.8. The van der Waals surface area contributed by atoms with Crippen molar-refractivity contribution in [2.45, 2.75) is 51.6 Å². The number of hydrogen-bond donors (Lipinski definition) is 3. The highest BCUT2D eigenvalue weighted by atomic mass is 16.2. The van der Waals surface area contributed by atoms with Crippen molar-refractivity contribution in [3.05, 3.63) is 0 Å². The summed E-state index contributed by atoms with van der Waals surface area (Å²) in [4.78, 5) is 25.8. The van der Waals surface area contributed by atoms with Gasteiger partial charge in [0.25, 0.3) is 0 Å². The van der Waals surface area contributed by atoms with Crippen molar-refractivity contribution >= 4 is 11.9 Å². The number of hydrogen-bond acceptors (Lipinski definition) is 4. The van der Waals surface area contributed by atoms with Crippen LogP contribution in [0, 0.1) is 5.92 Å². The highest BCUT2D eigenvalue weighted by molar-refractivity contribution is 5.95. The molecule has 6 nitrogen and oxygen atoms in total. The van der Waals surface area contributed by atoms with Crippen molar-refractivity contribution in [2.75, 3.05) is 26.2 Å². The van der Waals surface area contributed by atoms with Gasteiger partial charge in [-0.25, -0.2) is 4.79 Å². The predicted octanol–water partition coefficient (Wildman–Crippen LogP) is 0.685. The van der Waals surface area contributed by atoms with E-state index in [0.29, 0.717) is 31.1 Å². The minimum Gasteiger partial charge on any atom is -0.338 e. The highest BCUT2D eigenvalue weighted by Crippen LogP contribution is 2.27. The van der Waals surface area contributed by atoms with Gasteiger partial charge in [-0.05, 0) is 38.1 Å². The van der Waals surface area contributed by atoms with Crippen molar-refractivity contribution < 1.29 is 9.59 Å². The second-order valence-electron chi connectivity index (χ2n) is 6.61. The predicted molar refractivity (Wildman–Crippen MR) is 82.0 cm³/mol. The van der Waals surface area contributed by atoms with E-state index in [1.54, 1.807) is 0 Å². The molecule has 21 heavy (non-hydrogen) atoms. The quantitative estimate of drug-likeness (QED) is 0.646. The molecule has 1 unspecified atom stereocenters. The summed E-state index contributed by atoms with van der Waals surface area (Å²) in [5, 5.41) is 8.59. The monoisotopic (exact) mass is 296 g/mol. The molecule has 3 amide bonds. The Balaban J connectivity index is 1.71. The Morgan fingerprint density at radius 2 is 2.05 bits per heavy atom. The van der Waals surface area contributed by atoms with E-state index in [1.807, 2.05) is 13.8 Å². The lowest BCUT2D eigenvalue weighted by atomic mass is 10.2. The molecule has 120 valence electrons. The van der Waals surface area contributed by atoms with Crippen LogP contribution in [-0.2, 0) is 4.79 Å². The molecule has 0 bridgehead atoms. The topological polar surface area (TPSA) is 73.5 Å². The molecule has 3 N–H and O–H groups in total. The maximum atomic E-state index is 12.0. The largest absolute Gasteiger partial charge is 0.338 e. The van der Waals surface area contributed by atoms with Gasteiger partial charge in [0.2, 0.25) is 5.91 Å². The Morgan fingerprint density at radius 1 is 1.29 bits per heavy atom. The van der Waals surface area contributed by atoms with Crippen LogP contribution in [0.3, 0.4) is 0 Å². The number of carbonyl (C=O) groups excluding carboxylic acids is 2. The van der Waals surface area contributed by atoms with Crippen LogP contribution in [-0.4, -0.2) is 55.1 Å². The average molecular weight is 296 g/mol. The molecule has 0 aromatic heterocycles. The van der Waals surface area contributed by atoms with Crippen LogP contribution in [0.15, 0.2) is 0 Å². The van der Waals surface area contributed by atoms with Gasteiger partial charge >= 0.3 is 6.03 Å². The molecule has 0 aromatic carbocycles. The maximum absolute atomic E-state index is 12.0. The van der Waals surface area contributed by atoms with Gasteiger partial charge in [0, 0.05) is 25.2 Å². The third-order valence-corrected chi connectivity index (χ3v) is 3.95. The number of imide groups is 1.